The van der Waals surface area contributed by atoms with Gasteiger partial charge in [0.2, 0.25) is 11.8 Å². The Kier molecular flexibility index (Phi) is 4.41. The second-order valence-electron chi connectivity index (χ2n) is 5.82. The molecule has 0 saturated heterocycles. The van der Waals surface area contributed by atoms with Crippen LogP contribution in [0.2, 0.25) is 0 Å². The number of nitrogens with one attached hydrogen (secondary N) is 3. The molecule has 2 aromatic rings. The molecule has 1 aromatic heterocycles. The summed E-state index contributed by atoms with van der Waals surface area (Å²) in [5.74, 6) is -0.704. The Morgan fingerprint density at radius 1 is 1.38 bits per heavy atom. The van der Waals surface area contributed by atoms with Crippen molar-refractivity contribution in [2.75, 3.05) is 0 Å². The number of rotatable bonds is 5. The average molecular weight is 325 g/mol. The van der Waals surface area contributed by atoms with Gasteiger partial charge in [-0.05, 0) is 26.3 Å². The maximum absolute atomic E-state index is 11.9. The third kappa shape index (κ3) is 3.19. The predicted octanol–water partition coefficient (Wildman–Crippen LogP) is 1.83. The monoisotopic (exact) mass is 325 g/mol. The Balaban J connectivity index is 1.57. The van der Waals surface area contributed by atoms with Gasteiger partial charge < -0.3 is 4.98 Å². The first-order valence-corrected chi connectivity index (χ1v) is 7.79. The number of para-hydroxylation sites is 1. The minimum Gasteiger partial charge on any atom is -0.358 e. The van der Waals surface area contributed by atoms with E-state index in [4.69, 9.17) is 0 Å². The Hall–Kier alpha value is -2.96. The number of amides is 2. The highest BCUT2D eigenvalue weighted by Crippen LogP contribution is 2.19. The summed E-state index contributed by atoms with van der Waals surface area (Å²) in [6.07, 6.45) is 2.28. The van der Waals surface area contributed by atoms with E-state index in [1.165, 1.54) is 0 Å². The minimum absolute atomic E-state index is 0.154. The number of hydrogen-bond donors (Lipinski definition) is 3. The third-order valence-electron chi connectivity index (χ3n) is 4.15. The van der Waals surface area contributed by atoms with Crippen LogP contribution in [0.1, 0.15) is 31.0 Å². The van der Waals surface area contributed by atoms with E-state index >= 15 is 0 Å². The molecule has 3 N–H and O–H groups in total. The van der Waals surface area contributed by atoms with Gasteiger partial charge in [0, 0.05) is 34.3 Å². The summed E-state index contributed by atoms with van der Waals surface area (Å²) >= 11 is 0. The van der Waals surface area contributed by atoms with Crippen molar-refractivity contribution in [2.24, 2.45) is 16.1 Å². The Morgan fingerprint density at radius 2 is 2.17 bits per heavy atom. The lowest BCUT2D eigenvalue weighted by atomic mass is 9.99. The molecule has 0 bridgehead atoms. The molecule has 0 fully saturated rings. The molecule has 0 unspecified atom stereocenters. The maximum Gasteiger partial charge on any atom is 0.248 e. The molecular formula is C17H19N5O2. The second kappa shape index (κ2) is 6.66. The first-order valence-electron chi connectivity index (χ1n) is 7.79. The van der Waals surface area contributed by atoms with Crippen molar-refractivity contribution in [1.29, 1.82) is 0 Å². The van der Waals surface area contributed by atoms with E-state index in [0.717, 1.165) is 22.2 Å². The van der Waals surface area contributed by atoms with Crippen LogP contribution in [0.25, 0.3) is 10.9 Å². The summed E-state index contributed by atoms with van der Waals surface area (Å²) in [5.41, 5.74) is 8.61. The third-order valence-corrected chi connectivity index (χ3v) is 4.15. The number of fused-ring (bicyclic) bond motifs is 1. The molecule has 124 valence electrons. The molecule has 1 aliphatic rings. The fourth-order valence-corrected chi connectivity index (χ4v) is 2.79. The highest BCUT2D eigenvalue weighted by Gasteiger charge is 2.26. The lowest BCUT2D eigenvalue weighted by Crippen LogP contribution is -2.25. The molecule has 1 aliphatic heterocycles. The van der Waals surface area contributed by atoms with Crippen molar-refractivity contribution < 1.29 is 9.59 Å². The smallest absolute Gasteiger partial charge is 0.248 e. The van der Waals surface area contributed by atoms with Gasteiger partial charge in [0.25, 0.3) is 0 Å². The van der Waals surface area contributed by atoms with Crippen molar-refractivity contribution >= 4 is 34.6 Å². The summed E-state index contributed by atoms with van der Waals surface area (Å²) < 4.78 is 0. The summed E-state index contributed by atoms with van der Waals surface area (Å²) in [4.78, 5) is 26.7. The van der Waals surface area contributed by atoms with Crippen LogP contribution in [0, 0.1) is 12.8 Å². The van der Waals surface area contributed by atoms with Crippen LogP contribution in [-0.4, -0.2) is 28.7 Å². The normalized spacial score (nSPS) is 17.3. The van der Waals surface area contributed by atoms with Crippen LogP contribution in [0.3, 0.4) is 0 Å². The number of H-pyrrole nitrogens is 1. The Labute approximate surface area is 139 Å². The van der Waals surface area contributed by atoms with Crippen molar-refractivity contribution in [3.63, 3.8) is 0 Å². The molecule has 0 spiro atoms. The summed E-state index contributed by atoms with van der Waals surface area (Å²) in [5, 5.41) is 8.95. The molecule has 1 aromatic carbocycles. The number of hydrazone groups is 2. The maximum atomic E-state index is 11.9. The van der Waals surface area contributed by atoms with Gasteiger partial charge in [-0.2, -0.15) is 10.2 Å². The molecular weight excluding hydrogens is 306 g/mol. The Bertz CT molecular complexity index is 850. The number of aromatic amines is 1. The molecule has 1 atom stereocenters. The van der Waals surface area contributed by atoms with Gasteiger partial charge in [0.15, 0.2) is 0 Å². The SMILES string of the molecule is CC1=NNC(=O)[C@@H]1CCC(=O)N/N=C\c1c(C)[nH]c2ccccc12. The van der Waals surface area contributed by atoms with E-state index in [-0.39, 0.29) is 24.2 Å². The fourth-order valence-electron chi connectivity index (χ4n) is 2.79. The molecule has 7 nitrogen and oxygen atoms in total. The molecule has 0 saturated carbocycles. The van der Waals surface area contributed by atoms with Crippen molar-refractivity contribution in [3.05, 3.63) is 35.5 Å². The van der Waals surface area contributed by atoms with Crippen LogP contribution in [0.5, 0.6) is 0 Å². The van der Waals surface area contributed by atoms with Crippen molar-refractivity contribution in [1.82, 2.24) is 15.8 Å². The van der Waals surface area contributed by atoms with E-state index in [0.29, 0.717) is 12.1 Å². The summed E-state index contributed by atoms with van der Waals surface area (Å²) in [7, 11) is 0. The number of benzene rings is 1. The average Bonchev–Trinajstić information content (AvgIpc) is 3.05. The zero-order valence-corrected chi connectivity index (χ0v) is 13.6. The molecule has 3 rings (SSSR count). The van der Waals surface area contributed by atoms with Crippen LogP contribution >= 0.6 is 0 Å². The molecule has 0 radical (unpaired) electrons. The Morgan fingerprint density at radius 3 is 2.92 bits per heavy atom. The van der Waals surface area contributed by atoms with E-state index in [1.807, 2.05) is 31.2 Å². The largest absolute Gasteiger partial charge is 0.358 e. The van der Waals surface area contributed by atoms with Crippen molar-refractivity contribution in [3.8, 4) is 0 Å². The summed E-state index contributed by atoms with van der Waals surface area (Å²) in [6.45, 7) is 3.74. The first kappa shape index (κ1) is 15.9. The lowest BCUT2D eigenvalue weighted by molar-refractivity contribution is -0.123. The highest BCUT2D eigenvalue weighted by molar-refractivity contribution is 6.07. The van der Waals surface area contributed by atoms with Crippen LogP contribution in [0.15, 0.2) is 34.5 Å². The van der Waals surface area contributed by atoms with E-state index in [1.54, 1.807) is 13.1 Å². The van der Waals surface area contributed by atoms with Gasteiger partial charge >= 0.3 is 0 Å². The van der Waals surface area contributed by atoms with Crippen LogP contribution in [-0.2, 0) is 9.59 Å². The fraction of sp³-hybridized carbons (Fsp3) is 0.294. The van der Waals surface area contributed by atoms with Gasteiger partial charge in [-0.15, -0.1) is 0 Å². The van der Waals surface area contributed by atoms with Crippen LogP contribution in [0.4, 0.5) is 0 Å². The zero-order chi connectivity index (χ0) is 17.1. The molecule has 0 aliphatic carbocycles. The van der Waals surface area contributed by atoms with Gasteiger partial charge in [0.1, 0.15) is 0 Å². The number of nitrogens with zero attached hydrogens (tertiary/aromatic N) is 2. The van der Waals surface area contributed by atoms with Crippen molar-refractivity contribution in [2.45, 2.75) is 26.7 Å². The standard InChI is InChI=1S/C17H19N5O2/c1-10-14(13-5-3-4-6-15(13)19-10)9-18-21-16(23)8-7-12-11(2)20-22-17(12)24/h3-6,9,12,19H,7-8H2,1-2H3,(H,21,23)(H,22,24)/b18-9-/t12-/m1/s1. The topological polar surface area (TPSA) is 98.7 Å². The zero-order valence-electron chi connectivity index (χ0n) is 13.6. The molecule has 2 heterocycles. The van der Waals surface area contributed by atoms with Gasteiger partial charge in [-0.25, -0.2) is 10.9 Å². The van der Waals surface area contributed by atoms with E-state index < -0.39 is 0 Å². The van der Waals surface area contributed by atoms with E-state index in [9.17, 15) is 9.59 Å². The number of carbonyl (C=O) groups excluding carboxylic acids is 2. The number of aryl methyl sites for hydroxylation is 1. The van der Waals surface area contributed by atoms with Gasteiger partial charge in [0.05, 0.1) is 12.1 Å². The van der Waals surface area contributed by atoms with E-state index in [2.05, 4.69) is 26.0 Å². The first-order chi connectivity index (χ1) is 11.6. The molecule has 7 heteroatoms. The highest BCUT2D eigenvalue weighted by atomic mass is 16.2. The number of carbonyl (C=O) groups is 2. The quantitative estimate of drug-likeness (QED) is 0.577. The minimum atomic E-state index is -0.324. The molecule has 2 amide bonds. The number of aromatic nitrogens is 1. The predicted molar refractivity (Wildman–Crippen MR) is 92.7 cm³/mol. The number of hydrogen-bond acceptors (Lipinski definition) is 4. The van der Waals surface area contributed by atoms with Gasteiger partial charge in [-0.1, -0.05) is 18.2 Å². The lowest BCUT2D eigenvalue weighted by Gasteiger charge is -2.06. The van der Waals surface area contributed by atoms with Crippen LogP contribution < -0.4 is 10.9 Å². The van der Waals surface area contributed by atoms with Gasteiger partial charge in [-0.3, -0.25) is 9.59 Å². The molecule has 24 heavy (non-hydrogen) atoms. The second-order valence-corrected chi connectivity index (χ2v) is 5.82. The summed E-state index contributed by atoms with van der Waals surface area (Å²) in [6, 6.07) is 7.92.